The van der Waals surface area contributed by atoms with Gasteiger partial charge in [0.2, 0.25) is 0 Å². The molecule has 2 rings (SSSR count). The van der Waals surface area contributed by atoms with Gasteiger partial charge in [-0.3, -0.25) is 0 Å². The largest absolute Gasteiger partial charge is 0.460 e. The van der Waals surface area contributed by atoms with Crippen molar-refractivity contribution in [2.45, 2.75) is 72.5 Å². The molecule has 0 saturated heterocycles. The molecule has 1 aliphatic rings. The number of esters is 2. The van der Waals surface area contributed by atoms with Crippen molar-refractivity contribution < 1.29 is 38.1 Å². The third-order valence-electron chi connectivity index (χ3n) is 5.50. The number of dihydropyridines is 1. The minimum absolute atomic E-state index is 0.00257. The van der Waals surface area contributed by atoms with E-state index in [2.05, 4.69) is 16.0 Å². The van der Waals surface area contributed by atoms with Crippen LogP contribution in [0.5, 0.6) is 0 Å². The first-order valence-corrected chi connectivity index (χ1v) is 14.1. The molecule has 0 aliphatic carbocycles. The molecule has 0 spiro atoms. The van der Waals surface area contributed by atoms with Crippen LogP contribution in [0.25, 0.3) is 0 Å². The van der Waals surface area contributed by atoms with Gasteiger partial charge in [-0.2, -0.15) is 0 Å². The Morgan fingerprint density at radius 2 is 1.21 bits per heavy atom. The number of rotatable bonds is 9. The molecule has 0 saturated carbocycles. The summed E-state index contributed by atoms with van der Waals surface area (Å²) in [5, 5.41) is 8.47. The van der Waals surface area contributed by atoms with Crippen LogP contribution in [0.15, 0.2) is 40.7 Å². The molecule has 2 amide bonds. The first-order chi connectivity index (χ1) is 19.4. The molecule has 42 heavy (non-hydrogen) atoms. The van der Waals surface area contributed by atoms with Gasteiger partial charge in [0.1, 0.15) is 24.4 Å². The van der Waals surface area contributed by atoms with Crippen molar-refractivity contribution in [3.63, 3.8) is 0 Å². The summed E-state index contributed by atoms with van der Waals surface area (Å²) < 4.78 is 21.3. The van der Waals surface area contributed by atoms with Crippen LogP contribution in [0.4, 0.5) is 9.59 Å². The lowest BCUT2D eigenvalue weighted by atomic mass is 9.80. The minimum atomic E-state index is -0.991. The molecule has 0 atom stereocenters. The Kier molecular flexibility index (Phi) is 12.1. The highest BCUT2D eigenvalue weighted by atomic mass is 35.5. The van der Waals surface area contributed by atoms with Crippen molar-refractivity contribution in [1.82, 2.24) is 16.0 Å². The van der Waals surface area contributed by atoms with Gasteiger partial charge in [-0.25, -0.2) is 19.2 Å². The highest BCUT2D eigenvalue weighted by Crippen LogP contribution is 2.43. The van der Waals surface area contributed by atoms with Gasteiger partial charge < -0.3 is 34.9 Å². The second-order valence-corrected chi connectivity index (χ2v) is 12.2. The van der Waals surface area contributed by atoms with E-state index >= 15 is 0 Å². The summed E-state index contributed by atoms with van der Waals surface area (Å²) in [5.41, 5.74) is 0.120. The third kappa shape index (κ3) is 10.4. The zero-order chi connectivity index (χ0) is 31.8. The van der Waals surface area contributed by atoms with Crippen molar-refractivity contribution in [2.24, 2.45) is 0 Å². The molecular weight excluding hydrogens is 589 g/mol. The number of allylic oxidation sites excluding steroid dienone is 2. The summed E-state index contributed by atoms with van der Waals surface area (Å²) in [5.74, 6) is -2.47. The molecule has 1 aliphatic heterocycles. The van der Waals surface area contributed by atoms with E-state index in [0.29, 0.717) is 17.0 Å². The van der Waals surface area contributed by atoms with Gasteiger partial charge in [-0.15, -0.1) is 0 Å². The van der Waals surface area contributed by atoms with Gasteiger partial charge >= 0.3 is 24.1 Å². The number of carbonyl (C=O) groups is 4. The van der Waals surface area contributed by atoms with E-state index in [1.807, 2.05) is 0 Å². The summed E-state index contributed by atoms with van der Waals surface area (Å²) in [4.78, 5) is 50.7. The van der Waals surface area contributed by atoms with E-state index in [1.54, 1.807) is 73.6 Å². The fraction of sp³-hybridized carbons (Fsp3) is 0.517. The van der Waals surface area contributed by atoms with Crippen LogP contribution in [0, 0.1) is 0 Å². The summed E-state index contributed by atoms with van der Waals surface area (Å²) in [7, 11) is 0. The molecule has 0 radical (unpaired) electrons. The second kappa shape index (κ2) is 14.6. The quantitative estimate of drug-likeness (QED) is 0.187. The van der Waals surface area contributed by atoms with E-state index in [4.69, 9.17) is 42.1 Å². The summed E-state index contributed by atoms with van der Waals surface area (Å²) in [6.07, 6.45) is -1.30. The molecule has 0 unspecified atom stereocenters. The SMILES string of the molecule is CC1=C(C(=O)OCCNC(=O)OC(C)(C)C)C(c2cccc(Cl)c2Cl)C(C(=O)OCCNC(=O)OC(C)(C)C)=C(C)N1. The van der Waals surface area contributed by atoms with Crippen molar-refractivity contribution in [1.29, 1.82) is 0 Å². The number of hydrogen-bond donors (Lipinski definition) is 3. The van der Waals surface area contributed by atoms with E-state index < -0.39 is 41.2 Å². The Morgan fingerprint density at radius 1 is 0.786 bits per heavy atom. The van der Waals surface area contributed by atoms with E-state index in [1.165, 1.54) is 0 Å². The lowest BCUT2D eigenvalue weighted by Gasteiger charge is -2.31. The van der Waals surface area contributed by atoms with E-state index in [0.717, 1.165) is 0 Å². The standard InChI is InChI=1S/C29H39Cl2N3O8/c1-16-20(24(35)39-14-12-32-26(37)41-28(3,4)5)22(18-10-9-11-19(30)23(18)31)21(17(2)34-16)25(36)40-15-13-33-27(38)42-29(6,7)8/h9-11,22,34H,12-15H2,1-8H3,(H,32,37)(H,33,38). The first kappa shape index (κ1) is 34.8. The highest BCUT2D eigenvalue weighted by Gasteiger charge is 2.39. The Balaban J connectivity index is 2.24. The fourth-order valence-corrected chi connectivity index (χ4v) is 4.38. The highest BCUT2D eigenvalue weighted by molar-refractivity contribution is 6.42. The van der Waals surface area contributed by atoms with Crippen molar-refractivity contribution >= 4 is 47.3 Å². The third-order valence-corrected chi connectivity index (χ3v) is 6.33. The van der Waals surface area contributed by atoms with Crippen molar-refractivity contribution in [3.8, 4) is 0 Å². The van der Waals surface area contributed by atoms with Crippen LogP contribution in [0.1, 0.15) is 66.9 Å². The van der Waals surface area contributed by atoms with Crippen molar-refractivity contribution in [2.75, 3.05) is 26.3 Å². The molecule has 1 aromatic carbocycles. The van der Waals surface area contributed by atoms with Crippen LogP contribution in [-0.4, -0.2) is 61.6 Å². The average molecular weight is 629 g/mol. The maximum Gasteiger partial charge on any atom is 0.407 e. The molecular formula is C29H39Cl2N3O8. The normalized spacial score (nSPS) is 14.1. The molecule has 232 valence electrons. The first-order valence-electron chi connectivity index (χ1n) is 13.3. The van der Waals surface area contributed by atoms with Gasteiger partial charge in [0.15, 0.2) is 0 Å². The van der Waals surface area contributed by atoms with Gasteiger partial charge in [0.05, 0.1) is 40.2 Å². The van der Waals surface area contributed by atoms with Gasteiger partial charge in [0.25, 0.3) is 0 Å². The molecule has 11 nitrogen and oxygen atoms in total. The van der Waals surface area contributed by atoms with Crippen molar-refractivity contribution in [3.05, 3.63) is 56.3 Å². The van der Waals surface area contributed by atoms with Crippen LogP contribution < -0.4 is 16.0 Å². The molecule has 0 aromatic heterocycles. The number of nitrogens with one attached hydrogen (secondary N) is 3. The second-order valence-electron chi connectivity index (χ2n) is 11.4. The van der Waals surface area contributed by atoms with E-state index in [-0.39, 0.29) is 47.5 Å². The summed E-state index contributed by atoms with van der Waals surface area (Å²) in [6, 6.07) is 4.89. The molecule has 0 fully saturated rings. The topological polar surface area (TPSA) is 141 Å². The maximum absolute atomic E-state index is 13.4. The van der Waals surface area contributed by atoms with Crippen LogP contribution >= 0.6 is 23.2 Å². The smallest absolute Gasteiger partial charge is 0.407 e. The van der Waals surface area contributed by atoms with Gasteiger partial charge in [-0.1, -0.05) is 35.3 Å². The fourth-order valence-electron chi connectivity index (χ4n) is 3.97. The lowest BCUT2D eigenvalue weighted by Crippen LogP contribution is -2.36. The minimum Gasteiger partial charge on any atom is -0.460 e. The number of ether oxygens (including phenoxy) is 4. The van der Waals surface area contributed by atoms with Gasteiger partial charge in [0, 0.05) is 11.4 Å². The lowest BCUT2D eigenvalue weighted by molar-refractivity contribution is -0.140. The monoisotopic (exact) mass is 627 g/mol. The Hall–Kier alpha value is -3.44. The average Bonchev–Trinajstić information content (AvgIpc) is 2.83. The Morgan fingerprint density at radius 3 is 1.62 bits per heavy atom. The predicted molar refractivity (Wildman–Crippen MR) is 158 cm³/mol. The van der Waals surface area contributed by atoms with Gasteiger partial charge in [-0.05, 0) is 67.0 Å². The maximum atomic E-state index is 13.4. The van der Waals surface area contributed by atoms with E-state index in [9.17, 15) is 19.2 Å². The number of halogens is 2. The molecule has 1 heterocycles. The Labute approximate surface area is 256 Å². The zero-order valence-electron chi connectivity index (χ0n) is 25.2. The summed E-state index contributed by atoms with van der Waals surface area (Å²) in [6.45, 7) is 13.4. The number of amides is 2. The zero-order valence-corrected chi connectivity index (χ0v) is 26.7. The number of benzene rings is 1. The predicted octanol–water partition coefficient (Wildman–Crippen LogP) is 5.36. The number of carbonyl (C=O) groups excluding carboxylic acids is 4. The molecule has 13 heteroatoms. The number of alkyl carbamates (subject to hydrolysis) is 2. The molecule has 0 bridgehead atoms. The molecule has 1 aromatic rings. The number of hydrogen-bond acceptors (Lipinski definition) is 9. The summed E-state index contributed by atoms with van der Waals surface area (Å²) >= 11 is 12.9. The van der Waals surface area contributed by atoms with Crippen LogP contribution in [0.3, 0.4) is 0 Å². The molecule has 3 N–H and O–H groups in total. The van der Waals surface area contributed by atoms with Crippen LogP contribution in [-0.2, 0) is 28.5 Å². The van der Waals surface area contributed by atoms with Crippen LogP contribution in [0.2, 0.25) is 10.0 Å². The Bertz CT molecular complexity index is 1190.